The molecule has 0 heterocycles. The van der Waals surface area contributed by atoms with E-state index in [1.54, 1.807) is 12.1 Å². The van der Waals surface area contributed by atoms with Crippen molar-refractivity contribution in [2.24, 2.45) is 0 Å². The van der Waals surface area contributed by atoms with Gasteiger partial charge in [0, 0.05) is 11.4 Å². The molecule has 12 heavy (non-hydrogen) atoms. The third-order valence-corrected chi connectivity index (χ3v) is 2.20. The van der Waals surface area contributed by atoms with Gasteiger partial charge in [-0.15, -0.1) is 0 Å². The van der Waals surface area contributed by atoms with Crippen molar-refractivity contribution in [1.82, 2.24) is 0 Å². The van der Waals surface area contributed by atoms with Crippen LogP contribution in [0.4, 0.5) is 5.69 Å². The molecule has 0 bridgehead atoms. The molecular weight excluding hydrogens is 174 g/mol. The van der Waals surface area contributed by atoms with Gasteiger partial charge < -0.3 is 10.3 Å². The number of hydrogen-bond donors (Lipinski definition) is 1. The maximum absolute atomic E-state index is 10.3. The molecule has 0 aliphatic rings. The van der Waals surface area contributed by atoms with Gasteiger partial charge in [0.25, 0.3) is 0 Å². The fourth-order valence-corrected chi connectivity index (χ4v) is 1.37. The molecular formula is C8H10NO2S-. The molecule has 0 radical (unpaired) electrons. The Morgan fingerprint density at radius 3 is 2.75 bits per heavy atom. The summed E-state index contributed by atoms with van der Waals surface area (Å²) in [6, 6.07) is 5.27. The molecule has 3 nitrogen and oxygen atoms in total. The second-order valence-corrected chi connectivity index (χ2v) is 3.54. The minimum Gasteiger partial charge on any atom is -0.772 e. The number of anilines is 1. The highest BCUT2D eigenvalue weighted by Crippen LogP contribution is 2.13. The smallest absolute Gasteiger partial charge is 0.0353 e. The second kappa shape index (κ2) is 3.69. The molecule has 1 unspecified atom stereocenters. The summed E-state index contributed by atoms with van der Waals surface area (Å²) in [5.74, 6) is 0.0322. The molecule has 0 aliphatic carbocycles. The predicted octanol–water partition coefficient (Wildman–Crippen LogP) is 0.956. The van der Waals surface area contributed by atoms with Gasteiger partial charge in [-0.05, 0) is 24.1 Å². The molecule has 66 valence electrons. The van der Waals surface area contributed by atoms with E-state index in [2.05, 4.69) is 0 Å². The summed E-state index contributed by atoms with van der Waals surface area (Å²) in [4.78, 5) is 0. The van der Waals surface area contributed by atoms with Gasteiger partial charge in [-0.25, -0.2) is 0 Å². The van der Waals surface area contributed by atoms with Crippen LogP contribution in [0.1, 0.15) is 11.1 Å². The molecule has 0 fully saturated rings. The normalized spacial score (nSPS) is 12.8. The van der Waals surface area contributed by atoms with E-state index in [-0.39, 0.29) is 5.75 Å². The quantitative estimate of drug-likeness (QED) is 0.550. The van der Waals surface area contributed by atoms with E-state index in [4.69, 9.17) is 5.73 Å². The SMILES string of the molecule is Cc1ccc(CS(=O)[O-])cc1N. The number of hydrogen-bond acceptors (Lipinski definition) is 3. The van der Waals surface area contributed by atoms with Crippen molar-refractivity contribution >= 4 is 16.8 Å². The minimum atomic E-state index is -2.04. The van der Waals surface area contributed by atoms with Crippen molar-refractivity contribution in [1.29, 1.82) is 0 Å². The van der Waals surface area contributed by atoms with Crippen molar-refractivity contribution < 1.29 is 8.76 Å². The lowest BCUT2D eigenvalue weighted by Crippen LogP contribution is -1.96. The number of nitrogen functional groups attached to an aromatic ring is 1. The van der Waals surface area contributed by atoms with Crippen molar-refractivity contribution in [2.75, 3.05) is 5.73 Å². The maximum atomic E-state index is 10.3. The topological polar surface area (TPSA) is 66.1 Å². The van der Waals surface area contributed by atoms with Gasteiger partial charge in [0.15, 0.2) is 0 Å². The first-order valence-corrected chi connectivity index (χ1v) is 4.75. The maximum Gasteiger partial charge on any atom is 0.0353 e. The summed E-state index contributed by atoms with van der Waals surface area (Å²) in [5.41, 5.74) is 7.93. The first-order chi connectivity index (χ1) is 5.59. The third-order valence-electron chi connectivity index (χ3n) is 1.63. The van der Waals surface area contributed by atoms with Crippen LogP contribution in [0.5, 0.6) is 0 Å². The second-order valence-electron chi connectivity index (χ2n) is 2.64. The monoisotopic (exact) mass is 184 g/mol. The van der Waals surface area contributed by atoms with Crippen LogP contribution in [-0.4, -0.2) is 8.76 Å². The molecule has 0 aromatic heterocycles. The fourth-order valence-electron chi connectivity index (χ4n) is 0.916. The largest absolute Gasteiger partial charge is 0.772 e. The van der Waals surface area contributed by atoms with Crippen LogP contribution in [-0.2, 0) is 16.8 Å². The molecule has 1 atom stereocenters. The Hall–Kier alpha value is -0.870. The van der Waals surface area contributed by atoms with Gasteiger partial charge >= 0.3 is 0 Å². The van der Waals surface area contributed by atoms with Gasteiger partial charge in [0.1, 0.15) is 0 Å². The van der Waals surface area contributed by atoms with E-state index in [1.165, 1.54) is 0 Å². The first kappa shape index (κ1) is 9.22. The molecule has 1 rings (SSSR count). The molecule has 0 amide bonds. The van der Waals surface area contributed by atoms with Crippen molar-refractivity contribution in [2.45, 2.75) is 12.7 Å². The molecule has 1 aromatic carbocycles. The summed E-state index contributed by atoms with van der Waals surface area (Å²) in [6.07, 6.45) is 0. The Labute approximate surface area is 73.9 Å². The number of nitrogens with two attached hydrogens (primary N) is 1. The highest BCUT2D eigenvalue weighted by molar-refractivity contribution is 7.78. The molecule has 0 saturated carbocycles. The van der Waals surface area contributed by atoms with Gasteiger partial charge in [0.2, 0.25) is 0 Å². The Balaban J connectivity index is 2.89. The van der Waals surface area contributed by atoms with E-state index < -0.39 is 11.1 Å². The molecule has 4 heteroatoms. The highest BCUT2D eigenvalue weighted by atomic mass is 32.2. The molecule has 0 saturated heterocycles. The van der Waals surface area contributed by atoms with Crippen LogP contribution in [0.3, 0.4) is 0 Å². The van der Waals surface area contributed by atoms with Crippen LogP contribution in [0.2, 0.25) is 0 Å². The van der Waals surface area contributed by atoms with Gasteiger partial charge in [-0.1, -0.05) is 23.2 Å². The Morgan fingerprint density at radius 1 is 1.58 bits per heavy atom. The van der Waals surface area contributed by atoms with Gasteiger partial charge in [0.05, 0.1) is 0 Å². The van der Waals surface area contributed by atoms with Crippen molar-refractivity contribution in [3.8, 4) is 0 Å². The molecule has 1 aromatic rings. The van der Waals surface area contributed by atoms with Crippen molar-refractivity contribution in [3.63, 3.8) is 0 Å². The average Bonchev–Trinajstić information content (AvgIpc) is 1.96. The Bertz CT molecular complexity index is 312. The lowest BCUT2D eigenvalue weighted by Gasteiger charge is -2.06. The van der Waals surface area contributed by atoms with Crippen molar-refractivity contribution in [3.05, 3.63) is 29.3 Å². The Kier molecular flexibility index (Phi) is 2.83. The van der Waals surface area contributed by atoms with E-state index in [9.17, 15) is 8.76 Å². The lowest BCUT2D eigenvalue weighted by atomic mass is 10.1. The highest BCUT2D eigenvalue weighted by Gasteiger charge is 1.96. The van der Waals surface area contributed by atoms with Crippen LogP contribution in [0.25, 0.3) is 0 Å². The zero-order valence-electron chi connectivity index (χ0n) is 6.74. The zero-order chi connectivity index (χ0) is 9.14. The minimum absolute atomic E-state index is 0.0322. The first-order valence-electron chi connectivity index (χ1n) is 3.50. The van der Waals surface area contributed by atoms with E-state index in [1.807, 2.05) is 13.0 Å². The lowest BCUT2D eigenvalue weighted by molar-refractivity contribution is 0.536. The van der Waals surface area contributed by atoms with Crippen LogP contribution in [0.15, 0.2) is 18.2 Å². The zero-order valence-corrected chi connectivity index (χ0v) is 7.56. The molecule has 2 N–H and O–H groups in total. The summed E-state index contributed by atoms with van der Waals surface area (Å²) in [6.45, 7) is 1.88. The molecule has 0 aliphatic heterocycles. The van der Waals surface area contributed by atoms with Gasteiger partial charge in [-0.2, -0.15) is 0 Å². The number of rotatable bonds is 2. The predicted molar refractivity (Wildman–Crippen MR) is 48.2 cm³/mol. The fraction of sp³-hybridized carbons (Fsp3) is 0.250. The van der Waals surface area contributed by atoms with Crippen LogP contribution in [0, 0.1) is 6.92 Å². The number of benzene rings is 1. The van der Waals surface area contributed by atoms with Crippen LogP contribution < -0.4 is 5.73 Å². The Morgan fingerprint density at radius 2 is 2.25 bits per heavy atom. The standard InChI is InChI=1S/C8H11NO2S/c1-6-2-3-7(4-8(6)9)5-12(10)11/h2-4H,5,9H2,1H3,(H,10,11)/p-1. The van der Waals surface area contributed by atoms with E-state index in [0.29, 0.717) is 5.69 Å². The van der Waals surface area contributed by atoms with Gasteiger partial charge in [-0.3, -0.25) is 4.21 Å². The number of aryl methyl sites for hydroxylation is 1. The molecule has 0 spiro atoms. The summed E-state index contributed by atoms with van der Waals surface area (Å²) in [7, 11) is 0. The summed E-state index contributed by atoms with van der Waals surface area (Å²) >= 11 is -2.04. The van der Waals surface area contributed by atoms with E-state index >= 15 is 0 Å². The van der Waals surface area contributed by atoms with Crippen LogP contribution >= 0.6 is 0 Å². The third kappa shape index (κ3) is 2.32. The summed E-state index contributed by atoms with van der Waals surface area (Å²) < 4.78 is 20.6. The average molecular weight is 184 g/mol. The van der Waals surface area contributed by atoms with E-state index in [0.717, 1.165) is 11.1 Å². The summed E-state index contributed by atoms with van der Waals surface area (Å²) in [5, 5.41) is 0.